The van der Waals surface area contributed by atoms with E-state index in [0.717, 1.165) is 27.6 Å². The number of H-pyrrole nitrogens is 2. The molecule has 0 fully saturated rings. The molecule has 0 atom stereocenters. The number of benzene rings is 2. The van der Waals surface area contributed by atoms with E-state index in [2.05, 4.69) is 15.2 Å². The van der Waals surface area contributed by atoms with Crippen LogP contribution in [-0.2, 0) is 0 Å². The lowest BCUT2D eigenvalue weighted by molar-refractivity contribution is 1.12. The van der Waals surface area contributed by atoms with E-state index in [1.54, 1.807) is 12.3 Å². The summed E-state index contributed by atoms with van der Waals surface area (Å²) in [6, 6.07) is 15.4. The number of halogens is 1. The van der Waals surface area contributed by atoms with Gasteiger partial charge in [-0.3, -0.25) is 9.89 Å². The van der Waals surface area contributed by atoms with Crippen LogP contribution in [0.3, 0.4) is 0 Å². The molecule has 0 aliphatic carbocycles. The van der Waals surface area contributed by atoms with Crippen molar-refractivity contribution in [3.8, 4) is 22.5 Å². The van der Waals surface area contributed by atoms with Crippen LogP contribution in [0, 0.1) is 0 Å². The lowest BCUT2D eigenvalue weighted by atomic mass is 10.0. The Kier molecular flexibility index (Phi) is 4.64. The fourth-order valence-corrected chi connectivity index (χ4v) is 3.87. The molecule has 7 heteroatoms. The predicted molar refractivity (Wildman–Crippen MR) is 125 cm³/mol. The first kappa shape index (κ1) is 19.2. The number of nitrogens with zero attached hydrogens (tertiary/aromatic N) is 3. The number of hydrogen-bond donors (Lipinski definition) is 2. The number of hydrogen-bond acceptors (Lipinski definition) is 4. The van der Waals surface area contributed by atoms with Gasteiger partial charge in [0.05, 0.1) is 28.1 Å². The van der Waals surface area contributed by atoms with Crippen molar-refractivity contribution in [2.45, 2.75) is 13.8 Å². The third-order valence-corrected chi connectivity index (χ3v) is 5.27. The van der Waals surface area contributed by atoms with Crippen LogP contribution in [0.4, 0.5) is 0 Å². The number of aromatic nitrogens is 5. The number of allylic oxidation sites excluding steroid dienone is 1. The number of aromatic amines is 2. The standard InChI is InChI=1S/C24H18ClN5O/c1-13(2)8-16-11-19-23(29-24(16)31)28-21(14-6-4-3-5-7-14)22(27-19)15-9-17-12-26-30-20(17)18(25)10-15/h3-12H,1-2H3,(H,26,30)(H,28,29,31). The third-order valence-electron chi connectivity index (χ3n) is 4.97. The van der Waals surface area contributed by atoms with Crippen LogP contribution in [0.2, 0.25) is 5.02 Å². The second kappa shape index (κ2) is 7.49. The highest BCUT2D eigenvalue weighted by Gasteiger charge is 2.16. The van der Waals surface area contributed by atoms with Gasteiger partial charge in [0, 0.05) is 22.1 Å². The summed E-state index contributed by atoms with van der Waals surface area (Å²) < 4.78 is 0. The summed E-state index contributed by atoms with van der Waals surface area (Å²) in [6.45, 7) is 3.89. The van der Waals surface area contributed by atoms with Gasteiger partial charge in [-0.25, -0.2) is 9.97 Å². The summed E-state index contributed by atoms with van der Waals surface area (Å²) >= 11 is 6.50. The molecule has 152 valence electrons. The number of pyridine rings is 1. The van der Waals surface area contributed by atoms with Crippen LogP contribution in [0.25, 0.3) is 50.7 Å². The minimum atomic E-state index is -0.197. The van der Waals surface area contributed by atoms with Crippen molar-refractivity contribution in [3.05, 3.63) is 81.2 Å². The molecule has 5 aromatic rings. The van der Waals surface area contributed by atoms with E-state index in [0.29, 0.717) is 33.1 Å². The second-order valence-corrected chi connectivity index (χ2v) is 8.00. The van der Waals surface area contributed by atoms with Crippen LogP contribution in [0.15, 0.2) is 65.1 Å². The van der Waals surface area contributed by atoms with Crippen molar-refractivity contribution in [3.63, 3.8) is 0 Å². The van der Waals surface area contributed by atoms with Gasteiger partial charge in [0.1, 0.15) is 5.52 Å². The monoisotopic (exact) mass is 427 g/mol. The Morgan fingerprint density at radius 3 is 2.55 bits per heavy atom. The number of nitrogens with one attached hydrogen (secondary N) is 2. The molecule has 3 heterocycles. The summed E-state index contributed by atoms with van der Waals surface area (Å²) in [7, 11) is 0. The van der Waals surface area contributed by atoms with Crippen molar-refractivity contribution in [2.75, 3.05) is 0 Å². The molecule has 2 aromatic carbocycles. The van der Waals surface area contributed by atoms with Crippen molar-refractivity contribution < 1.29 is 0 Å². The number of rotatable bonds is 3. The molecule has 0 amide bonds. The molecule has 0 aliphatic rings. The van der Waals surface area contributed by atoms with E-state index >= 15 is 0 Å². The summed E-state index contributed by atoms with van der Waals surface area (Å²) in [5.74, 6) is 0. The van der Waals surface area contributed by atoms with Gasteiger partial charge in [0.25, 0.3) is 5.56 Å². The number of fused-ring (bicyclic) bond motifs is 2. The average Bonchev–Trinajstić information content (AvgIpc) is 3.23. The van der Waals surface area contributed by atoms with Gasteiger partial charge in [0.15, 0.2) is 5.65 Å². The topological polar surface area (TPSA) is 87.3 Å². The van der Waals surface area contributed by atoms with E-state index in [4.69, 9.17) is 21.6 Å². The summed E-state index contributed by atoms with van der Waals surface area (Å²) in [4.78, 5) is 25.1. The van der Waals surface area contributed by atoms with E-state index in [9.17, 15) is 4.79 Å². The van der Waals surface area contributed by atoms with Crippen LogP contribution in [0.1, 0.15) is 19.4 Å². The highest BCUT2D eigenvalue weighted by Crippen LogP contribution is 2.34. The van der Waals surface area contributed by atoms with Crippen LogP contribution in [-0.4, -0.2) is 25.1 Å². The predicted octanol–water partition coefficient (Wildman–Crippen LogP) is 5.61. The summed E-state index contributed by atoms with van der Waals surface area (Å²) in [5.41, 5.74) is 6.25. The zero-order valence-electron chi connectivity index (χ0n) is 16.9. The molecule has 0 spiro atoms. The maximum atomic E-state index is 12.5. The van der Waals surface area contributed by atoms with Gasteiger partial charge in [-0.2, -0.15) is 5.10 Å². The van der Waals surface area contributed by atoms with E-state index < -0.39 is 0 Å². The lowest BCUT2D eigenvalue weighted by Gasteiger charge is -2.11. The smallest absolute Gasteiger partial charge is 0.256 e. The minimum absolute atomic E-state index is 0.197. The minimum Gasteiger partial charge on any atom is -0.305 e. The quantitative estimate of drug-likeness (QED) is 0.392. The molecule has 0 saturated carbocycles. The maximum absolute atomic E-state index is 12.5. The van der Waals surface area contributed by atoms with Gasteiger partial charge in [-0.05, 0) is 32.0 Å². The first-order valence-electron chi connectivity index (χ1n) is 9.78. The van der Waals surface area contributed by atoms with Crippen molar-refractivity contribution in [1.82, 2.24) is 25.1 Å². The Balaban J connectivity index is 1.84. The van der Waals surface area contributed by atoms with Gasteiger partial charge in [0.2, 0.25) is 0 Å². The molecule has 2 N–H and O–H groups in total. The van der Waals surface area contributed by atoms with Crippen LogP contribution in [0.5, 0.6) is 0 Å². The Labute approximate surface area is 182 Å². The average molecular weight is 428 g/mol. The van der Waals surface area contributed by atoms with E-state index in [1.807, 2.05) is 62.4 Å². The molecule has 5 rings (SSSR count). The normalized spacial score (nSPS) is 11.2. The lowest BCUT2D eigenvalue weighted by Crippen LogP contribution is -2.11. The van der Waals surface area contributed by atoms with Crippen molar-refractivity contribution in [1.29, 1.82) is 0 Å². The van der Waals surface area contributed by atoms with Gasteiger partial charge >= 0.3 is 0 Å². The molecule has 31 heavy (non-hydrogen) atoms. The first-order valence-corrected chi connectivity index (χ1v) is 10.2. The Bertz CT molecular complexity index is 1530. The molecule has 6 nitrogen and oxygen atoms in total. The Morgan fingerprint density at radius 2 is 1.77 bits per heavy atom. The molecular weight excluding hydrogens is 410 g/mol. The van der Waals surface area contributed by atoms with Crippen LogP contribution >= 0.6 is 11.6 Å². The second-order valence-electron chi connectivity index (χ2n) is 7.59. The van der Waals surface area contributed by atoms with Gasteiger partial charge in [-0.1, -0.05) is 53.6 Å². The molecule has 0 aliphatic heterocycles. The maximum Gasteiger partial charge on any atom is 0.256 e. The zero-order chi connectivity index (χ0) is 21.5. The van der Waals surface area contributed by atoms with Crippen molar-refractivity contribution in [2.24, 2.45) is 0 Å². The van der Waals surface area contributed by atoms with E-state index in [1.165, 1.54) is 0 Å². The Hall–Kier alpha value is -3.77. The molecule has 0 radical (unpaired) electrons. The summed E-state index contributed by atoms with van der Waals surface area (Å²) in [5, 5.41) is 8.43. The Morgan fingerprint density at radius 1 is 1.00 bits per heavy atom. The van der Waals surface area contributed by atoms with Crippen molar-refractivity contribution >= 4 is 39.7 Å². The molecule has 0 saturated heterocycles. The zero-order valence-corrected chi connectivity index (χ0v) is 17.7. The fourth-order valence-electron chi connectivity index (χ4n) is 3.60. The molecule has 0 unspecified atom stereocenters. The first-order chi connectivity index (χ1) is 15.0. The highest BCUT2D eigenvalue weighted by molar-refractivity contribution is 6.35. The van der Waals surface area contributed by atoms with E-state index in [-0.39, 0.29) is 5.56 Å². The summed E-state index contributed by atoms with van der Waals surface area (Å²) in [6.07, 6.45) is 3.56. The van der Waals surface area contributed by atoms with Crippen LogP contribution < -0.4 is 5.56 Å². The fraction of sp³-hybridized carbons (Fsp3) is 0.0833. The SMILES string of the molecule is CC(C)=Cc1cc2nc(-c3cc(Cl)c4[nH]ncc4c3)c(-c3ccccc3)nc2[nH]c1=O. The third kappa shape index (κ3) is 3.51. The largest absolute Gasteiger partial charge is 0.305 e. The highest BCUT2D eigenvalue weighted by atomic mass is 35.5. The molecule has 0 bridgehead atoms. The molecular formula is C24H18ClN5O. The van der Waals surface area contributed by atoms with Gasteiger partial charge < -0.3 is 4.98 Å². The van der Waals surface area contributed by atoms with Gasteiger partial charge in [-0.15, -0.1) is 0 Å². The molecule has 3 aromatic heterocycles.